The molecule has 3 aromatic rings. The zero-order chi connectivity index (χ0) is 16.6. The zero-order valence-electron chi connectivity index (χ0n) is 14.9. The van der Waals surface area contributed by atoms with E-state index in [0.29, 0.717) is 0 Å². The first kappa shape index (κ1) is 14.5. The monoisotopic (exact) mass is 324 g/mol. The molecule has 0 atom stereocenters. The van der Waals surface area contributed by atoms with Crippen molar-refractivity contribution in [3.05, 3.63) is 68.7 Å². The van der Waals surface area contributed by atoms with Crippen LogP contribution in [0.15, 0.2) is 46.4 Å². The first-order chi connectivity index (χ1) is 11.6. The van der Waals surface area contributed by atoms with Crippen LogP contribution in [0.3, 0.4) is 0 Å². The van der Waals surface area contributed by atoms with Crippen LogP contribution in [0.2, 0.25) is 0 Å². The molecule has 0 fully saturated rings. The van der Waals surface area contributed by atoms with Crippen LogP contribution < -0.4 is 0 Å². The second kappa shape index (κ2) is 4.85. The van der Waals surface area contributed by atoms with E-state index in [2.05, 4.69) is 57.2 Å². The molecule has 116 valence electrons. The van der Waals surface area contributed by atoms with Gasteiger partial charge in [0.25, 0.3) is 16.3 Å². The van der Waals surface area contributed by atoms with Gasteiger partial charge in [-0.1, -0.05) is 47.5 Å². The summed E-state index contributed by atoms with van der Waals surface area (Å²) in [7, 11) is 0. The largest absolute Gasteiger partial charge is 0.253 e. The lowest BCUT2D eigenvalue weighted by molar-refractivity contribution is 1.20. The molecule has 0 N–H and O–H groups in total. The minimum Gasteiger partial charge on any atom is -0.133 e. The number of benzene rings is 3. The Bertz CT molecular complexity index is 1040. The predicted molar refractivity (Wildman–Crippen MR) is 108 cm³/mol. The fourth-order valence-electron chi connectivity index (χ4n) is 4.73. The maximum atomic E-state index is 2.36. The predicted octanol–water partition coefficient (Wildman–Crippen LogP) is 5.26. The SMILES string of the molecule is CC1=C(C)c2c(ccc3ccc4ccc5c(c4c23)C(C)=[C]([AlH2])C5)C1. The van der Waals surface area contributed by atoms with Crippen molar-refractivity contribution >= 4 is 49.0 Å². The Balaban J connectivity index is 2.07. The molecule has 0 aliphatic heterocycles. The first-order valence-corrected chi connectivity index (χ1v) is 9.90. The van der Waals surface area contributed by atoms with Crippen LogP contribution in [0, 0.1) is 0 Å². The summed E-state index contributed by atoms with van der Waals surface area (Å²) >= 11 is 1.17. The van der Waals surface area contributed by atoms with E-state index in [1.807, 2.05) is 0 Å². The van der Waals surface area contributed by atoms with Gasteiger partial charge in [0.05, 0.1) is 0 Å². The highest BCUT2D eigenvalue weighted by atomic mass is 27.0. The van der Waals surface area contributed by atoms with Gasteiger partial charge in [-0.2, -0.15) is 0 Å². The Labute approximate surface area is 151 Å². The average Bonchev–Trinajstić information content (AvgIpc) is 3.04. The van der Waals surface area contributed by atoms with E-state index in [0.717, 1.165) is 6.42 Å². The number of rotatable bonds is 0. The minimum atomic E-state index is 1.11. The van der Waals surface area contributed by atoms with E-state index in [4.69, 9.17) is 0 Å². The van der Waals surface area contributed by atoms with E-state index in [9.17, 15) is 0 Å². The topological polar surface area (TPSA) is 0 Å². The van der Waals surface area contributed by atoms with Crippen molar-refractivity contribution in [1.82, 2.24) is 0 Å². The van der Waals surface area contributed by atoms with E-state index in [1.54, 1.807) is 10.0 Å². The van der Waals surface area contributed by atoms with Crippen molar-refractivity contribution in [2.45, 2.75) is 33.6 Å². The van der Waals surface area contributed by atoms with Crippen LogP contribution in [0.5, 0.6) is 0 Å². The third kappa shape index (κ3) is 1.75. The van der Waals surface area contributed by atoms with Crippen LogP contribution in [0.25, 0.3) is 32.7 Å². The normalized spacial score (nSPS) is 16.5. The molecule has 0 spiro atoms. The highest BCUT2D eigenvalue weighted by Gasteiger charge is 2.23. The summed E-state index contributed by atoms with van der Waals surface area (Å²) in [5, 5.41) is 5.77. The highest BCUT2D eigenvalue weighted by Crippen LogP contribution is 2.45. The maximum absolute atomic E-state index is 2.36. The molecule has 0 bridgehead atoms. The quantitative estimate of drug-likeness (QED) is 0.391. The zero-order valence-corrected chi connectivity index (χ0v) is 16.9. The second-order valence-electron chi connectivity index (χ2n) is 7.63. The molecule has 0 amide bonds. The van der Waals surface area contributed by atoms with E-state index in [-0.39, 0.29) is 0 Å². The molecule has 0 saturated carbocycles. The van der Waals surface area contributed by atoms with Gasteiger partial charge >= 0.3 is 0 Å². The Morgan fingerprint density at radius 1 is 0.667 bits per heavy atom. The van der Waals surface area contributed by atoms with Gasteiger partial charge in [-0.05, 0) is 83.0 Å². The molecule has 0 unspecified atom stereocenters. The van der Waals surface area contributed by atoms with Crippen LogP contribution >= 0.6 is 0 Å². The van der Waals surface area contributed by atoms with Crippen LogP contribution in [-0.4, -0.2) is 16.3 Å². The van der Waals surface area contributed by atoms with Crippen molar-refractivity contribution in [3.63, 3.8) is 0 Å². The molecular weight excluding hydrogens is 303 g/mol. The Kier molecular flexibility index (Phi) is 2.94. The Morgan fingerprint density at radius 3 is 1.79 bits per heavy atom. The van der Waals surface area contributed by atoms with Gasteiger partial charge in [-0.3, -0.25) is 0 Å². The van der Waals surface area contributed by atoms with Crippen molar-refractivity contribution in [2.24, 2.45) is 0 Å². The second-order valence-corrected chi connectivity index (χ2v) is 8.83. The molecule has 1 heteroatoms. The van der Waals surface area contributed by atoms with Crippen LogP contribution in [-0.2, 0) is 12.8 Å². The maximum Gasteiger partial charge on any atom is 0.253 e. The summed E-state index contributed by atoms with van der Waals surface area (Å²) in [5.41, 5.74) is 10.7. The summed E-state index contributed by atoms with van der Waals surface area (Å²) in [6.45, 7) is 6.94. The van der Waals surface area contributed by atoms with Crippen molar-refractivity contribution in [2.75, 3.05) is 0 Å². The standard InChI is InChI=1S/C23H19.Al.2H/c1-13-4-5-16-6-7-17-8-9-18-10-11-19-12-14(2)15(3)21(19)23(18)22(17)20(13)16;;;/h6-11H,5,12H2,1-3H3;;;. The highest BCUT2D eigenvalue weighted by molar-refractivity contribution is 6.28. The lowest BCUT2D eigenvalue weighted by Crippen LogP contribution is -1.92. The molecule has 5 rings (SSSR count). The van der Waals surface area contributed by atoms with E-state index >= 15 is 0 Å². The molecule has 3 aromatic carbocycles. The lowest BCUT2D eigenvalue weighted by Gasteiger charge is -2.15. The third-order valence-electron chi connectivity index (χ3n) is 6.28. The van der Waals surface area contributed by atoms with Crippen molar-refractivity contribution in [1.29, 1.82) is 0 Å². The van der Waals surface area contributed by atoms with Gasteiger partial charge in [-0.25, -0.2) is 0 Å². The third-order valence-corrected chi connectivity index (χ3v) is 7.39. The van der Waals surface area contributed by atoms with Gasteiger partial charge in [0.2, 0.25) is 0 Å². The molecular formula is C23H21Al. The number of hydrogen-bond acceptors (Lipinski definition) is 0. The fraction of sp³-hybridized carbons (Fsp3) is 0.217. The molecule has 2 aliphatic rings. The smallest absolute Gasteiger partial charge is 0.133 e. The number of allylic oxidation sites excluding steroid dienone is 4. The molecule has 0 saturated heterocycles. The fourth-order valence-corrected chi connectivity index (χ4v) is 5.37. The molecule has 24 heavy (non-hydrogen) atoms. The van der Waals surface area contributed by atoms with Crippen LogP contribution in [0.4, 0.5) is 0 Å². The summed E-state index contributed by atoms with van der Waals surface area (Å²) in [6, 6.07) is 14.0. The van der Waals surface area contributed by atoms with Gasteiger partial charge in [0.1, 0.15) is 0 Å². The Hall–Kier alpha value is -1.81. The lowest BCUT2D eigenvalue weighted by atomic mass is 9.88. The van der Waals surface area contributed by atoms with Gasteiger partial charge in [0, 0.05) is 0 Å². The number of fused-ring (bicyclic) bond motifs is 7. The van der Waals surface area contributed by atoms with Gasteiger partial charge < -0.3 is 0 Å². The molecule has 0 aromatic heterocycles. The van der Waals surface area contributed by atoms with Crippen molar-refractivity contribution < 1.29 is 0 Å². The van der Waals surface area contributed by atoms with Crippen molar-refractivity contribution in [3.8, 4) is 0 Å². The van der Waals surface area contributed by atoms with Crippen LogP contribution in [0.1, 0.15) is 43.0 Å². The first-order valence-electron chi connectivity index (χ1n) is 8.90. The van der Waals surface area contributed by atoms with E-state index in [1.165, 1.54) is 77.7 Å². The minimum absolute atomic E-state index is 1.11. The van der Waals surface area contributed by atoms with Gasteiger partial charge in [0.15, 0.2) is 0 Å². The Morgan fingerprint density at radius 2 is 1.17 bits per heavy atom. The summed E-state index contributed by atoms with van der Waals surface area (Å²) in [5.74, 6) is 0. The molecule has 0 heterocycles. The number of hydrogen-bond donors (Lipinski definition) is 0. The molecule has 2 aliphatic carbocycles. The summed E-state index contributed by atoms with van der Waals surface area (Å²) < 4.78 is 1.66. The van der Waals surface area contributed by atoms with Gasteiger partial charge in [-0.15, -0.1) is 4.44 Å². The van der Waals surface area contributed by atoms with E-state index < -0.39 is 0 Å². The molecule has 0 nitrogen and oxygen atoms in total. The molecule has 0 radical (unpaired) electrons. The summed E-state index contributed by atoms with van der Waals surface area (Å²) in [6.07, 6.45) is 2.28. The average molecular weight is 324 g/mol. The summed E-state index contributed by atoms with van der Waals surface area (Å²) in [4.78, 5) is 0.